The standard InChI is InChI=1S/C20H29N5O.2ClH/c1-12(2)11-25-19-15(10-23-25)6-16(9-22-19)20(26)24-18-13-4-3-5-14(18)8-17(21)7-13;;/h6,9-10,12-14,17-18H,3-5,7-8,11,21H2,1-2H3,(H,24,26);2*1H. The summed E-state index contributed by atoms with van der Waals surface area (Å²) >= 11 is 0. The van der Waals surface area contributed by atoms with Crippen LogP contribution < -0.4 is 11.1 Å². The molecule has 156 valence electrons. The Morgan fingerprint density at radius 3 is 2.57 bits per heavy atom. The number of amides is 1. The molecule has 0 saturated heterocycles. The molecular weight excluding hydrogens is 397 g/mol. The van der Waals surface area contributed by atoms with E-state index in [1.165, 1.54) is 19.3 Å². The largest absolute Gasteiger partial charge is 0.349 e. The third-order valence-corrected chi connectivity index (χ3v) is 5.95. The molecule has 2 fully saturated rings. The molecule has 0 aromatic carbocycles. The number of halogens is 2. The van der Waals surface area contributed by atoms with Gasteiger partial charge in [0.25, 0.3) is 5.91 Å². The van der Waals surface area contributed by atoms with Crippen molar-refractivity contribution in [2.24, 2.45) is 23.5 Å². The minimum Gasteiger partial charge on any atom is -0.349 e. The summed E-state index contributed by atoms with van der Waals surface area (Å²) in [6.07, 6.45) is 9.15. The zero-order valence-electron chi connectivity index (χ0n) is 16.5. The van der Waals surface area contributed by atoms with Crippen molar-refractivity contribution < 1.29 is 4.79 Å². The maximum atomic E-state index is 12.8. The fourth-order valence-corrected chi connectivity index (χ4v) is 4.84. The predicted molar refractivity (Wildman–Crippen MR) is 116 cm³/mol. The van der Waals surface area contributed by atoms with Gasteiger partial charge in [-0.1, -0.05) is 20.3 Å². The lowest BCUT2D eigenvalue weighted by Gasteiger charge is -2.45. The Morgan fingerprint density at radius 2 is 1.93 bits per heavy atom. The average Bonchev–Trinajstić information content (AvgIpc) is 2.97. The Balaban J connectivity index is 0.00000140. The molecule has 2 aromatic rings. The van der Waals surface area contributed by atoms with Crippen LogP contribution in [0.4, 0.5) is 0 Å². The van der Waals surface area contributed by atoms with Crippen LogP contribution in [0.15, 0.2) is 18.5 Å². The number of rotatable bonds is 4. The minimum atomic E-state index is -0.0200. The molecule has 6 nitrogen and oxygen atoms in total. The number of nitrogens with two attached hydrogens (primary N) is 1. The van der Waals surface area contributed by atoms with Crippen LogP contribution in [-0.4, -0.2) is 32.8 Å². The number of pyridine rings is 1. The molecule has 2 heterocycles. The fourth-order valence-electron chi connectivity index (χ4n) is 4.84. The van der Waals surface area contributed by atoms with Gasteiger partial charge < -0.3 is 11.1 Å². The third kappa shape index (κ3) is 4.61. The van der Waals surface area contributed by atoms with Gasteiger partial charge in [-0.25, -0.2) is 9.67 Å². The van der Waals surface area contributed by atoms with Crippen molar-refractivity contribution in [1.82, 2.24) is 20.1 Å². The molecule has 2 atom stereocenters. The van der Waals surface area contributed by atoms with E-state index in [9.17, 15) is 4.79 Å². The molecule has 2 aliphatic carbocycles. The number of carbonyl (C=O) groups excluding carboxylic acids is 1. The van der Waals surface area contributed by atoms with Gasteiger partial charge in [0.2, 0.25) is 0 Å². The van der Waals surface area contributed by atoms with Crippen molar-refractivity contribution in [2.45, 2.75) is 64.6 Å². The summed E-state index contributed by atoms with van der Waals surface area (Å²) in [5.74, 6) is 1.52. The van der Waals surface area contributed by atoms with Crippen LogP contribution in [0.1, 0.15) is 56.3 Å². The van der Waals surface area contributed by atoms with Gasteiger partial charge in [-0.2, -0.15) is 5.10 Å². The summed E-state index contributed by atoms with van der Waals surface area (Å²) in [6.45, 7) is 5.14. The lowest BCUT2D eigenvalue weighted by Crippen LogP contribution is -2.53. The van der Waals surface area contributed by atoms with E-state index in [0.717, 1.165) is 30.4 Å². The van der Waals surface area contributed by atoms with Gasteiger partial charge in [-0.05, 0) is 49.5 Å². The lowest BCUT2D eigenvalue weighted by molar-refractivity contribution is 0.0756. The van der Waals surface area contributed by atoms with E-state index in [4.69, 9.17) is 5.73 Å². The van der Waals surface area contributed by atoms with Gasteiger partial charge in [0, 0.05) is 30.2 Å². The molecule has 2 saturated carbocycles. The van der Waals surface area contributed by atoms with Gasteiger partial charge in [-0.15, -0.1) is 24.8 Å². The molecule has 1 amide bonds. The van der Waals surface area contributed by atoms with E-state index >= 15 is 0 Å². The second-order valence-electron chi connectivity index (χ2n) is 8.54. The highest BCUT2D eigenvalue weighted by Crippen LogP contribution is 2.39. The Kier molecular flexibility index (Phi) is 7.71. The maximum Gasteiger partial charge on any atom is 0.253 e. The molecule has 2 aliphatic rings. The topological polar surface area (TPSA) is 85.8 Å². The summed E-state index contributed by atoms with van der Waals surface area (Å²) in [7, 11) is 0. The number of fused-ring (bicyclic) bond motifs is 3. The number of hydrogen-bond donors (Lipinski definition) is 2. The van der Waals surface area contributed by atoms with E-state index < -0.39 is 0 Å². The molecule has 2 bridgehead atoms. The number of aromatic nitrogens is 3. The van der Waals surface area contributed by atoms with Crippen molar-refractivity contribution in [3.05, 3.63) is 24.0 Å². The average molecular weight is 428 g/mol. The quantitative estimate of drug-likeness (QED) is 0.780. The molecule has 0 aliphatic heterocycles. The monoisotopic (exact) mass is 427 g/mol. The van der Waals surface area contributed by atoms with E-state index in [1.54, 1.807) is 12.4 Å². The van der Waals surface area contributed by atoms with E-state index in [0.29, 0.717) is 29.4 Å². The van der Waals surface area contributed by atoms with Crippen LogP contribution in [0.3, 0.4) is 0 Å². The van der Waals surface area contributed by atoms with Gasteiger partial charge >= 0.3 is 0 Å². The predicted octanol–water partition coefficient (Wildman–Crippen LogP) is 3.57. The summed E-state index contributed by atoms with van der Waals surface area (Å²) < 4.78 is 1.91. The SMILES string of the molecule is CC(C)Cn1ncc2cc(C(=O)NC3C4CCCC3CC(N)C4)cnc21.Cl.Cl. The van der Waals surface area contributed by atoms with Gasteiger partial charge in [0.1, 0.15) is 0 Å². The highest BCUT2D eigenvalue weighted by atomic mass is 35.5. The van der Waals surface area contributed by atoms with Crippen LogP contribution in [0.5, 0.6) is 0 Å². The van der Waals surface area contributed by atoms with Crippen molar-refractivity contribution in [1.29, 1.82) is 0 Å². The molecule has 8 heteroatoms. The molecule has 3 N–H and O–H groups in total. The third-order valence-electron chi connectivity index (χ3n) is 5.95. The Hall–Kier alpha value is -1.37. The Bertz CT molecular complexity index is 795. The molecule has 2 unspecified atom stereocenters. The zero-order valence-corrected chi connectivity index (χ0v) is 18.1. The van der Waals surface area contributed by atoms with E-state index in [2.05, 4.69) is 29.2 Å². The van der Waals surface area contributed by atoms with E-state index in [1.807, 2.05) is 10.7 Å². The Morgan fingerprint density at radius 1 is 1.25 bits per heavy atom. The Labute approximate surface area is 178 Å². The number of nitrogens with zero attached hydrogens (tertiary/aromatic N) is 3. The van der Waals surface area contributed by atoms with Gasteiger partial charge in [-0.3, -0.25) is 4.79 Å². The smallest absolute Gasteiger partial charge is 0.253 e. The molecule has 2 aromatic heterocycles. The van der Waals surface area contributed by atoms with Crippen LogP contribution in [0.25, 0.3) is 11.0 Å². The van der Waals surface area contributed by atoms with Crippen LogP contribution >= 0.6 is 24.8 Å². The summed E-state index contributed by atoms with van der Waals surface area (Å²) in [4.78, 5) is 17.4. The summed E-state index contributed by atoms with van der Waals surface area (Å²) in [5.41, 5.74) is 7.66. The first-order valence-corrected chi connectivity index (χ1v) is 9.89. The first-order chi connectivity index (χ1) is 12.5. The second kappa shape index (κ2) is 9.42. The van der Waals surface area contributed by atoms with Gasteiger partial charge in [0.15, 0.2) is 5.65 Å². The zero-order chi connectivity index (χ0) is 18.3. The maximum absolute atomic E-state index is 12.8. The minimum absolute atomic E-state index is 0. The normalized spacial score (nSPS) is 26.4. The highest BCUT2D eigenvalue weighted by Gasteiger charge is 2.40. The molecule has 0 radical (unpaired) electrons. The molecule has 28 heavy (non-hydrogen) atoms. The van der Waals surface area contributed by atoms with Crippen LogP contribution in [0, 0.1) is 17.8 Å². The molecule has 4 rings (SSSR count). The first kappa shape index (κ1) is 22.9. The highest BCUT2D eigenvalue weighted by molar-refractivity contribution is 5.97. The van der Waals surface area contributed by atoms with Crippen LogP contribution in [0.2, 0.25) is 0 Å². The van der Waals surface area contributed by atoms with Crippen molar-refractivity contribution in [3.8, 4) is 0 Å². The number of nitrogens with one attached hydrogen (secondary N) is 1. The molecular formula is C20H31Cl2N5O. The van der Waals surface area contributed by atoms with Crippen molar-refractivity contribution in [2.75, 3.05) is 0 Å². The summed E-state index contributed by atoms with van der Waals surface area (Å²) in [5, 5.41) is 8.64. The fraction of sp³-hybridized carbons (Fsp3) is 0.650. The lowest BCUT2D eigenvalue weighted by atomic mass is 9.67. The summed E-state index contributed by atoms with van der Waals surface area (Å²) in [6, 6.07) is 2.46. The number of carbonyl (C=O) groups is 1. The number of hydrogen-bond acceptors (Lipinski definition) is 4. The van der Waals surface area contributed by atoms with Gasteiger partial charge in [0.05, 0.1) is 11.8 Å². The van der Waals surface area contributed by atoms with Crippen LogP contribution in [-0.2, 0) is 6.54 Å². The first-order valence-electron chi connectivity index (χ1n) is 9.89. The van der Waals surface area contributed by atoms with Crippen molar-refractivity contribution >= 4 is 41.8 Å². The second-order valence-corrected chi connectivity index (χ2v) is 8.54. The van der Waals surface area contributed by atoms with E-state index in [-0.39, 0.29) is 36.8 Å². The van der Waals surface area contributed by atoms with Crippen molar-refractivity contribution in [3.63, 3.8) is 0 Å². The molecule has 0 spiro atoms.